The average molecular weight is 531 g/mol. The zero-order valence-electron chi connectivity index (χ0n) is 23.0. The third-order valence-corrected chi connectivity index (χ3v) is 9.03. The van der Waals surface area contributed by atoms with E-state index in [0.717, 1.165) is 0 Å². The Morgan fingerprint density at radius 1 is 0.214 bits per heavy atom. The van der Waals surface area contributed by atoms with Gasteiger partial charge in [-0.25, -0.2) is 0 Å². The van der Waals surface area contributed by atoms with Gasteiger partial charge in [0, 0.05) is 0 Å². The highest BCUT2D eigenvalue weighted by Crippen LogP contribution is 2.49. The summed E-state index contributed by atoms with van der Waals surface area (Å²) in [4.78, 5) is 0. The van der Waals surface area contributed by atoms with Gasteiger partial charge in [0.1, 0.15) is 0 Å². The summed E-state index contributed by atoms with van der Waals surface area (Å²) in [5, 5.41) is 7.82. The van der Waals surface area contributed by atoms with Crippen LogP contribution in [0.5, 0.6) is 0 Å². The summed E-state index contributed by atoms with van der Waals surface area (Å²) in [6.45, 7) is 0. The van der Waals surface area contributed by atoms with Crippen LogP contribution in [0.4, 0.5) is 0 Å². The predicted octanol–water partition coefficient (Wildman–Crippen LogP) is 11.8. The maximum Gasteiger partial charge on any atom is -0.00201 e. The van der Waals surface area contributed by atoms with Gasteiger partial charge in [0.2, 0.25) is 0 Å². The minimum absolute atomic E-state index is 1.24. The molecule has 0 aromatic heterocycles. The molecule has 9 rings (SSSR count). The van der Waals surface area contributed by atoms with E-state index in [1.54, 1.807) is 0 Å². The summed E-state index contributed by atoms with van der Waals surface area (Å²) in [6, 6.07) is 57.9. The van der Waals surface area contributed by atoms with Gasteiger partial charge in [-0.3, -0.25) is 0 Å². The molecule has 0 heteroatoms. The number of benzene rings is 8. The van der Waals surface area contributed by atoms with Gasteiger partial charge >= 0.3 is 0 Å². The molecule has 0 N–H and O–H groups in total. The fraction of sp³-hybridized carbons (Fsp3) is 0. The van der Waals surface area contributed by atoms with Gasteiger partial charge in [-0.15, -0.1) is 0 Å². The Bertz CT molecular complexity index is 2240. The first-order valence-electron chi connectivity index (χ1n) is 14.6. The van der Waals surface area contributed by atoms with E-state index in [4.69, 9.17) is 0 Å². The molecular weight excluding hydrogens is 504 g/mol. The Labute approximate surface area is 245 Å². The first-order chi connectivity index (χ1) is 20.9. The van der Waals surface area contributed by atoms with Gasteiger partial charge in [0.25, 0.3) is 0 Å². The van der Waals surface area contributed by atoms with E-state index < -0.39 is 0 Å². The van der Waals surface area contributed by atoms with Gasteiger partial charge < -0.3 is 0 Å². The molecule has 1 aliphatic carbocycles. The topological polar surface area (TPSA) is 0 Å². The van der Waals surface area contributed by atoms with Crippen LogP contribution in [0, 0.1) is 0 Å². The highest BCUT2D eigenvalue weighted by molar-refractivity contribution is 6.22. The molecule has 0 fully saturated rings. The van der Waals surface area contributed by atoms with Crippen molar-refractivity contribution in [3.63, 3.8) is 0 Å². The second-order valence-corrected chi connectivity index (χ2v) is 11.2. The third kappa shape index (κ3) is 3.30. The quantitative estimate of drug-likeness (QED) is 0.199. The zero-order chi connectivity index (χ0) is 27.6. The largest absolute Gasteiger partial charge is 0.0622 e. The SMILES string of the molecule is c1ccc(-c2c3ccccc3c(-c3ccc(-c4ccc5c6c(cccc46)-c4ccccc4-5)cc3)c3ccccc23)cc1. The molecule has 0 unspecified atom stereocenters. The van der Waals surface area contributed by atoms with Gasteiger partial charge in [0.15, 0.2) is 0 Å². The summed E-state index contributed by atoms with van der Waals surface area (Å²) in [5.74, 6) is 0. The lowest BCUT2D eigenvalue weighted by Crippen LogP contribution is -1.91. The molecule has 42 heavy (non-hydrogen) atoms. The van der Waals surface area contributed by atoms with Gasteiger partial charge in [-0.1, -0.05) is 158 Å². The molecule has 0 saturated carbocycles. The van der Waals surface area contributed by atoms with Crippen LogP contribution >= 0.6 is 0 Å². The first kappa shape index (κ1) is 23.3. The van der Waals surface area contributed by atoms with Crippen molar-refractivity contribution in [3.8, 4) is 55.6 Å². The van der Waals surface area contributed by atoms with Crippen molar-refractivity contribution in [1.29, 1.82) is 0 Å². The Kier molecular flexibility index (Phi) is 5.00. The second kappa shape index (κ2) is 9.03. The van der Waals surface area contributed by atoms with E-state index in [-0.39, 0.29) is 0 Å². The maximum atomic E-state index is 2.31. The fourth-order valence-electron chi connectivity index (χ4n) is 7.23. The molecule has 194 valence electrons. The van der Waals surface area contributed by atoms with Crippen LogP contribution in [0.15, 0.2) is 158 Å². The number of fused-ring (bicyclic) bond motifs is 5. The van der Waals surface area contributed by atoms with Crippen molar-refractivity contribution in [3.05, 3.63) is 158 Å². The minimum Gasteiger partial charge on any atom is -0.0622 e. The molecule has 0 nitrogen and oxygen atoms in total. The highest BCUT2D eigenvalue weighted by atomic mass is 14.3. The molecular formula is C42H26. The van der Waals surface area contributed by atoms with Crippen molar-refractivity contribution in [2.24, 2.45) is 0 Å². The molecule has 1 aliphatic rings. The van der Waals surface area contributed by atoms with Crippen LogP contribution < -0.4 is 0 Å². The van der Waals surface area contributed by atoms with Crippen LogP contribution in [-0.4, -0.2) is 0 Å². The van der Waals surface area contributed by atoms with E-state index in [2.05, 4.69) is 158 Å². The molecule has 0 aliphatic heterocycles. The lowest BCUT2D eigenvalue weighted by atomic mass is 9.85. The highest BCUT2D eigenvalue weighted by Gasteiger charge is 2.22. The molecule has 0 amide bonds. The summed E-state index contributed by atoms with van der Waals surface area (Å²) in [5.41, 5.74) is 13.0. The predicted molar refractivity (Wildman–Crippen MR) is 180 cm³/mol. The number of rotatable bonds is 3. The molecule has 0 radical (unpaired) electrons. The van der Waals surface area contributed by atoms with E-state index in [9.17, 15) is 0 Å². The van der Waals surface area contributed by atoms with Gasteiger partial charge in [0.05, 0.1) is 0 Å². The normalized spacial score (nSPS) is 11.8. The van der Waals surface area contributed by atoms with Crippen LogP contribution in [0.25, 0.3) is 88.0 Å². The first-order valence-corrected chi connectivity index (χ1v) is 14.6. The molecule has 0 saturated heterocycles. The van der Waals surface area contributed by atoms with E-state index in [0.29, 0.717) is 0 Å². The molecule has 8 aromatic carbocycles. The number of hydrogen-bond donors (Lipinski definition) is 0. The summed E-state index contributed by atoms with van der Waals surface area (Å²) in [7, 11) is 0. The molecule has 0 spiro atoms. The number of hydrogen-bond acceptors (Lipinski definition) is 0. The van der Waals surface area contributed by atoms with Crippen molar-refractivity contribution < 1.29 is 0 Å². The van der Waals surface area contributed by atoms with E-state index in [1.807, 2.05) is 0 Å². The van der Waals surface area contributed by atoms with Crippen molar-refractivity contribution in [2.75, 3.05) is 0 Å². The van der Waals surface area contributed by atoms with Crippen LogP contribution in [0.2, 0.25) is 0 Å². The van der Waals surface area contributed by atoms with E-state index >= 15 is 0 Å². The summed E-state index contributed by atoms with van der Waals surface area (Å²) >= 11 is 0. The molecule has 0 atom stereocenters. The van der Waals surface area contributed by atoms with Gasteiger partial charge in [-0.2, -0.15) is 0 Å². The Morgan fingerprint density at radius 2 is 0.619 bits per heavy atom. The lowest BCUT2D eigenvalue weighted by molar-refractivity contribution is 1.63. The fourth-order valence-corrected chi connectivity index (χ4v) is 7.23. The lowest BCUT2D eigenvalue weighted by Gasteiger charge is -2.18. The van der Waals surface area contributed by atoms with Crippen molar-refractivity contribution in [2.45, 2.75) is 0 Å². The summed E-state index contributed by atoms with van der Waals surface area (Å²) in [6.07, 6.45) is 0. The summed E-state index contributed by atoms with van der Waals surface area (Å²) < 4.78 is 0. The van der Waals surface area contributed by atoms with E-state index in [1.165, 1.54) is 88.0 Å². The van der Waals surface area contributed by atoms with Crippen molar-refractivity contribution in [1.82, 2.24) is 0 Å². The monoisotopic (exact) mass is 530 g/mol. The van der Waals surface area contributed by atoms with Crippen molar-refractivity contribution >= 4 is 32.3 Å². The van der Waals surface area contributed by atoms with Crippen LogP contribution in [0.1, 0.15) is 0 Å². The van der Waals surface area contributed by atoms with Crippen LogP contribution in [0.3, 0.4) is 0 Å². The molecule has 0 bridgehead atoms. The second-order valence-electron chi connectivity index (χ2n) is 11.2. The Morgan fingerprint density at radius 3 is 1.21 bits per heavy atom. The molecule has 0 heterocycles. The molecule has 8 aromatic rings. The smallest absolute Gasteiger partial charge is 0.00201 e. The standard InChI is InChI=1S/C42H26/c1-2-11-28(12-3-1)40-35-15-6-8-17-37(35)41(38-18-9-7-16-36(38)40)29-23-21-27(22-24-29)30-25-26-39-32-14-5-4-13-31(32)34-20-10-19-33(30)42(34)39/h1-26H. The maximum absolute atomic E-state index is 2.31. The Hall–Kier alpha value is -5.46. The third-order valence-electron chi connectivity index (χ3n) is 9.03. The minimum atomic E-state index is 1.24. The Balaban J connectivity index is 1.24. The van der Waals surface area contributed by atoms with Crippen LogP contribution in [-0.2, 0) is 0 Å². The van der Waals surface area contributed by atoms with Gasteiger partial charge in [-0.05, 0) is 88.0 Å². The average Bonchev–Trinajstić information content (AvgIpc) is 3.39. The zero-order valence-corrected chi connectivity index (χ0v) is 23.0.